The quantitative estimate of drug-likeness (QED) is 0.0431. The van der Waals surface area contributed by atoms with E-state index in [-0.39, 0.29) is 37.1 Å². The van der Waals surface area contributed by atoms with E-state index in [9.17, 15) is 65.3 Å². The van der Waals surface area contributed by atoms with E-state index in [2.05, 4.69) is 20.4 Å². The monoisotopic (exact) mass is 852 g/mol. The van der Waals surface area contributed by atoms with E-state index in [0.29, 0.717) is 24.5 Å². The number of fused-ring (bicyclic) bond motifs is 1. The topological polar surface area (TPSA) is 215 Å². The molecule has 3 fully saturated rings. The number of esters is 2. The smallest absolute Gasteiger partial charge is 0.463 e. The molecule has 0 aliphatic carbocycles. The molecule has 3 aliphatic heterocycles. The van der Waals surface area contributed by atoms with Crippen LogP contribution in [0.3, 0.4) is 0 Å². The molecule has 5 N–H and O–H groups in total. The zero-order chi connectivity index (χ0) is 41.4. The van der Waals surface area contributed by atoms with Gasteiger partial charge in [-0.3, -0.25) is 33.5 Å². The Kier molecular flexibility index (Phi) is 15.7. The van der Waals surface area contributed by atoms with Crippen molar-refractivity contribution in [1.82, 2.24) is 20.2 Å². The number of ether oxygens (including phenoxy) is 3. The zero-order valence-corrected chi connectivity index (χ0v) is 31.6. The molecule has 4 unspecified atom stereocenters. The summed E-state index contributed by atoms with van der Waals surface area (Å²) in [6, 6.07) is 0.200. The zero-order valence-electron chi connectivity index (χ0n) is 30.0. The highest BCUT2D eigenvalue weighted by atomic mass is 32.2. The highest BCUT2D eigenvalue weighted by Crippen LogP contribution is 2.42. The van der Waals surface area contributed by atoms with E-state index in [0.717, 1.165) is 40.8 Å². The Morgan fingerprint density at radius 3 is 2.45 bits per heavy atom. The second-order valence-corrected chi connectivity index (χ2v) is 16.2. The van der Waals surface area contributed by atoms with Gasteiger partial charge in [-0.25, -0.2) is 4.79 Å². The third kappa shape index (κ3) is 11.6. The molecule has 24 heteroatoms. The van der Waals surface area contributed by atoms with Gasteiger partial charge in [0.15, 0.2) is 6.23 Å². The van der Waals surface area contributed by atoms with Gasteiger partial charge in [0.1, 0.15) is 25.9 Å². The number of likely N-dealkylation sites (N-methyl/N-ethyl adjacent to an activating group) is 1. The van der Waals surface area contributed by atoms with E-state index in [1.807, 2.05) is 0 Å². The van der Waals surface area contributed by atoms with Crippen LogP contribution < -0.4 is 21.9 Å². The largest absolute Gasteiger partial charge is 0.568 e. The number of aromatic amines is 1. The SMILES string of the molecule is C[N+](CCOC(=O)CCC(=O)N[C@H](COC(=O)CCCC[C@@H]1SC[C@H]2NC(=O)C[C@H]12)CSC1C(O)C(CO)OC1n1ccc(=O)[nH]c1=O)(C(F)(F)F)C(F)(F)F. The van der Waals surface area contributed by atoms with Crippen molar-refractivity contribution in [3.63, 3.8) is 0 Å². The van der Waals surface area contributed by atoms with Crippen LogP contribution in [0.1, 0.15) is 51.2 Å². The molecule has 0 spiro atoms. The van der Waals surface area contributed by atoms with Crippen LogP contribution in [0.4, 0.5) is 26.3 Å². The van der Waals surface area contributed by atoms with Gasteiger partial charge < -0.3 is 35.1 Å². The number of carbonyl (C=O) groups excluding carboxylic acids is 4. The van der Waals surface area contributed by atoms with Crippen LogP contribution in [0.5, 0.6) is 0 Å². The first kappa shape index (κ1) is 45.4. The molecule has 1 aromatic rings. The molecule has 0 aromatic carbocycles. The van der Waals surface area contributed by atoms with E-state index >= 15 is 0 Å². The summed E-state index contributed by atoms with van der Waals surface area (Å²) in [4.78, 5) is 75.6. The number of nitrogens with one attached hydrogen (secondary N) is 3. The molecular formula is C32H44F6N5O11S2+. The predicted octanol–water partition coefficient (Wildman–Crippen LogP) is 0.907. The first-order valence-corrected chi connectivity index (χ1v) is 19.7. The van der Waals surface area contributed by atoms with E-state index in [1.54, 1.807) is 11.8 Å². The van der Waals surface area contributed by atoms with Crippen LogP contribution in [-0.2, 0) is 33.4 Å². The number of hydrogen-bond acceptors (Lipinski definition) is 13. The van der Waals surface area contributed by atoms with Crippen LogP contribution in [0.15, 0.2) is 21.9 Å². The third-order valence-electron chi connectivity index (χ3n) is 9.77. The van der Waals surface area contributed by atoms with Crippen LogP contribution in [0, 0.1) is 5.92 Å². The number of nitrogens with zero attached hydrogens (tertiary/aromatic N) is 2. The fraction of sp³-hybridized carbons (Fsp3) is 0.750. The Labute approximate surface area is 323 Å². The molecule has 4 heterocycles. The Morgan fingerprint density at radius 1 is 1.09 bits per heavy atom. The molecule has 1 aromatic heterocycles. The Hall–Kier alpha value is -3.32. The number of aliphatic hydroxyl groups is 2. The molecule has 0 radical (unpaired) electrons. The number of quaternary nitrogens is 1. The van der Waals surface area contributed by atoms with Crippen molar-refractivity contribution in [1.29, 1.82) is 0 Å². The first-order chi connectivity index (χ1) is 26.2. The minimum atomic E-state index is -5.73. The van der Waals surface area contributed by atoms with Crippen LogP contribution in [-0.4, -0.2) is 140 Å². The van der Waals surface area contributed by atoms with Crippen molar-refractivity contribution in [2.45, 2.75) is 98.6 Å². The van der Waals surface area contributed by atoms with Gasteiger partial charge >= 0.3 is 30.2 Å². The molecular weight excluding hydrogens is 808 g/mol. The molecule has 316 valence electrons. The van der Waals surface area contributed by atoms with Gasteiger partial charge in [0, 0.05) is 60.2 Å². The molecule has 0 bridgehead atoms. The lowest BCUT2D eigenvalue weighted by molar-refractivity contribution is -1.09. The number of amides is 2. The standard InChI is InChI=1S/C32H43F6N5O11S2/c1-43(31(33,34)35,32(36,37)38)10-11-52-26(49)7-6-22(45)39-17(14-53-25(48)5-3-2-4-21-18-12-24(47)40-19(18)16-55-21)15-56-28-27(50)20(13-44)54-29(28)42-9-8-23(46)41-30(42)51/h8-9,17-21,27-29,44,50H,2-7,10-16H2,1H3,(H2-,39,40,41,45,46,47,51)/p+1/t17-,18+,19-,20?,21+,27?,28?,29?/m1/s1. The maximum atomic E-state index is 13.1. The van der Waals surface area contributed by atoms with E-state index in [4.69, 9.17) is 9.47 Å². The van der Waals surface area contributed by atoms with Crippen molar-refractivity contribution in [3.05, 3.63) is 33.1 Å². The van der Waals surface area contributed by atoms with Gasteiger partial charge in [-0.1, -0.05) is 6.42 Å². The minimum absolute atomic E-state index is 0.0350. The van der Waals surface area contributed by atoms with Crippen LogP contribution >= 0.6 is 23.5 Å². The summed E-state index contributed by atoms with van der Waals surface area (Å²) in [7, 11) is -0.115. The lowest BCUT2D eigenvalue weighted by atomic mass is 9.94. The number of hydrogen-bond donors (Lipinski definition) is 5. The van der Waals surface area contributed by atoms with Crippen molar-refractivity contribution >= 4 is 47.3 Å². The van der Waals surface area contributed by atoms with Gasteiger partial charge in [0.25, 0.3) is 5.56 Å². The maximum absolute atomic E-state index is 13.1. The van der Waals surface area contributed by atoms with Gasteiger partial charge in [-0.2, -0.15) is 11.8 Å². The highest BCUT2D eigenvalue weighted by molar-refractivity contribution is 8.00. The Morgan fingerprint density at radius 2 is 1.79 bits per heavy atom. The summed E-state index contributed by atoms with van der Waals surface area (Å²) >= 11 is 2.75. The van der Waals surface area contributed by atoms with Crippen molar-refractivity contribution in [3.8, 4) is 0 Å². The number of halogens is 6. The number of rotatable bonds is 19. The summed E-state index contributed by atoms with van der Waals surface area (Å²) < 4.78 is 92.0. The fourth-order valence-electron chi connectivity index (χ4n) is 6.40. The number of carbonyl (C=O) groups is 4. The lowest BCUT2D eigenvalue weighted by Crippen LogP contribution is -2.64. The molecule has 3 aliphatic rings. The van der Waals surface area contributed by atoms with Crippen LogP contribution in [0.2, 0.25) is 0 Å². The molecule has 16 nitrogen and oxygen atoms in total. The van der Waals surface area contributed by atoms with Gasteiger partial charge in [0.2, 0.25) is 11.8 Å². The van der Waals surface area contributed by atoms with Gasteiger partial charge in [-0.05, 0) is 12.8 Å². The molecule has 56 heavy (non-hydrogen) atoms. The second kappa shape index (κ2) is 19.4. The number of H-pyrrole nitrogens is 1. The van der Waals surface area contributed by atoms with Crippen molar-refractivity contribution in [2.75, 3.05) is 44.9 Å². The summed E-state index contributed by atoms with van der Waals surface area (Å²) in [6.45, 7) is -3.95. The second-order valence-electron chi connectivity index (χ2n) is 13.7. The van der Waals surface area contributed by atoms with Crippen LogP contribution in [0.25, 0.3) is 0 Å². The summed E-state index contributed by atoms with van der Waals surface area (Å²) in [5.74, 6) is -1.66. The number of aromatic nitrogens is 2. The normalized spacial score (nSPS) is 25.7. The van der Waals surface area contributed by atoms with Gasteiger partial charge in [-0.15, -0.1) is 42.6 Å². The Bertz CT molecular complexity index is 1650. The summed E-state index contributed by atoms with van der Waals surface area (Å²) in [6.07, 6.45) is -12.9. The summed E-state index contributed by atoms with van der Waals surface area (Å²) in [5, 5.41) is 25.4. The fourth-order valence-corrected chi connectivity index (χ4v) is 9.42. The highest BCUT2D eigenvalue weighted by Gasteiger charge is 2.68. The molecule has 2 amide bonds. The van der Waals surface area contributed by atoms with Gasteiger partial charge in [0.05, 0.1) is 37.5 Å². The first-order valence-electron chi connectivity index (χ1n) is 17.6. The maximum Gasteiger partial charge on any atom is 0.568 e. The average molecular weight is 853 g/mol. The third-order valence-corrected chi connectivity index (χ3v) is 12.8. The number of alkyl halides is 6. The average Bonchev–Trinajstić information content (AvgIpc) is 3.77. The number of unbranched alkanes of at least 4 members (excludes halogenated alkanes) is 1. The molecule has 3 saturated heterocycles. The van der Waals surface area contributed by atoms with Crippen molar-refractivity contribution in [2.24, 2.45) is 5.92 Å². The molecule has 0 saturated carbocycles. The van der Waals surface area contributed by atoms with Crippen molar-refractivity contribution < 1.29 is 74.4 Å². The molecule has 8 atom stereocenters. The summed E-state index contributed by atoms with van der Waals surface area (Å²) in [5.41, 5.74) is -1.57. The minimum Gasteiger partial charge on any atom is -0.463 e. The van der Waals surface area contributed by atoms with E-state index < -0.39 is 115 Å². The Balaban J connectivity index is 1.33. The molecule has 4 rings (SSSR count). The lowest BCUT2D eigenvalue weighted by Gasteiger charge is -2.35. The predicted molar refractivity (Wildman–Crippen MR) is 186 cm³/mol. The van der Waals surface area contributed by atoms with E-state index in [1.165, 1.54) is 0 Å². The number of aliphatic hydroxyl groups excluding tert-OH is 2. The number of thioether (sulfide) groups is 2.